The predicted octanol–water partition coefficient (Wildman–Crippen LogP) is 3.07. The number of carboxylic acid groups (broad SMARTS) is 1. The van der Waals surface area contributed by atoms with Crippen molar-refractivity contribution in [1.82, 2.24) is 0 Å². The van der Waals surface area contributed by atoms with Crippen LogP contribution in [0.2, 0.25) is 0 Å². The van der Waals surface area contributed by atoms with Crippen LogP contribution in [0.25, 0.3) is 0 Å². The van der Waals surface area contributed by atoms with Gasteiger partial charge >= 0.3 is 12.1 Å². The van der Waals surface area contributed by atoms with Gasteiger partial charge in [0.15, 0.2) is 0 Å². The highest BCUT2D eigenvalue weighted by Crippen LogP contribution is 2.31. The minimum Gasteiger partial charge on any atom is -0.478 e. The van der Waals surface area contributed by atoms with E-state index in [0.29, 0.717) is 24.2 Å². The summed E-state index contributed by atoms with van der Waals surface area (Å²) in [5, 5.41) is 9.22. The molecule has 0 saturated carbocycles. The number of hydrogen-bond donors (Lipinski definition) is 1. The van der Waals surface area contributed by atoms with Crippen LogP contribution < -0.4 is 4.90 Å². The molecule has 0 atom stereocenters. The Hall–Kier alpha value is -2.04. The molecule has 0 spiro atoms. The molecular weight excluding hydrogens is 258 g/mol. The number of rotatable bonds is 1. The molecule has 20 heavy (non-hydrogen) atoms. The molecule has 2 rings (SSSR count). The van der Waals surface area contributed by atoms with Crippen molar-refractivity contribution >= 4 is 17.7 Å². The molecule has 0 aromatic heterocycles. The molecule has 1 amide bonds. The van der Waals surface area contributed by atoms with Gasteiger partial charge in [0.05, 0.1) is 11.3 Å². The van der Waals surface area contributed by atoms with Crippen LogP contribution in [0.15, 0.2) is 18.2 Å². The van der Waals surface area contributed by atoms with E-state index in [9.17, 15) is 14.7 Å². The topological polar surface area (TPSA) is 66.8 Å². The zero-order chi connectivity index (χ0) is 14.9. The summed E-state index contributed by atoms with van der Waals surface area (Å²) in [4.78, 5) is 25.0. The van der Waals surface area contributed by atoms with Gasteiger partial charge in [-0.15, -0.1) is 0 Å². The van der Waals surface area contributed by atoms with E-state index in [1.807, 2.05) is 20.8 Å². The van der Waals surface area contributed by atoms with Gasteiger partial charge in [-0.2, -0.15) is 0 Å². The molecule has 0 bridgehead atoms. The second-order valence-electron chi connectivity index (χ2n) is 5.84. The van der Waals surface area contributed by atoms with Crippen molar-refractivity contribution < 1.29 is 19.4 Å². The average molecular weight is 277 g/mol. The zero-order valence-electron chi connectivity index (χ0n) is 12.0. The minimum absolute atomic E-state index is 0.260. The van der Waals surface area contributed by atoms with E-state index in [4.69, 9.17) is 4.74 Å². The first-order valence-corrected chi connectivity index (χ1v) is 6.65. The number of amides is 1. The van der Waals surface area contributed by atoms with Crippen molar-refractivity contribution in [2.24, 2.45) is 0 Å². The smallest absolute Gasteiger partial charge is 0.414 e. The first-order valence-electron chi connectivity index (χ1n) is 6.65. The molecule has 5 heteroatoms. The van der Waals surface area contributed by atoms with Gasteiger partial charge in [-0.05, 0) is 51.3 Å². The number of fused-ring (bicyclic) bond motifs is 1. The SMILES string of the molecule is CC(C)(C)OC(=O)N1CCCc2c(C(=O)O)cccc21. The van der Waals surface area contributed by atoms with Crippen LogP contribution in [-0.4, -0.2) is 29.3 Å². The fourth-order valence-corrected chi connectivity index (χ4v) is 2.33. The largest absolute Gasteiger partial charge is 0.478 e. The van der Waals surface area contributed by atoms with Crippen LogP contribution in [0.3, 0.4) is 0 Å². The average Bonchev–Trinajstić information content (AvgIpc) is 2.35. The number of benzene rings is 1. The molecule has 0 aliphatic carbocycles. The van der Waals surface area contributed by atoms with Crippen LogP contribution in [0.1, 0.15) is 43.1 Å². The molecule has 0 unspecified atom stereocenters. The fraction of sp³-hybridized carbons (Fsp3) is 0.467. The number of carboxylic acids is 1. The molecule has 1 N–H and O–H groups in total. The summed E-state index contributed by atoms with van der Waals surface area (Å²) in [6.45, 7) is 5.97. The normalized spacial score (nSPS) is 14.7. The van der Waals surface area contributed by atoms with Gasteiger partial charge in [0.25, 0.3) is 0 Å². The highest BCUT2D eigenvalue weighted by Gasteiger charge is 2.29. The van der Waals surface area contributed by atoms with Gasteiger partial charge in [-0.1, -0.05) is 6.07 Å². The summed E-state index contributed by atoms with van der Waals surface area (Å²) in [7, 11) is 0. The Morgan fingerprint density at radius 1 is 1.30 bits per heavy atom. The zero-order valence-corrected chi connectivity index (χ0v) is 12.0. The minimum atomic E-state index is -0.965. The molecule has 0 fully saturated rings. The number of anilines is 1. The molecule has 108 valence electrons. The standard InChI is InChI=1S/C15H19NO4/c1-15(2,3)20-14(19)16-9-5-7-10-11(13(17)18)6-4-8-12(10)16/h4,6,8H,5,7,9H2,1-3H3,(H,17,18). The lowest BCUT2D eigenvalue weighted by atomic mass is 9.96. The van der Waals surface area contributed by atoms with E-state index in [-0.39, 0.29) is 5.56 Å². The summed E-state index contributed by atoms with van der Waals surface area (Å²) < 4.78 is 5.37. The summed E-state index contributed by atoms with van der Waals surface area (Å²) >= 11 is 0. The van der Waals surface area contributed by atoms with Gasteiger partial charge in [0.2, 0.25) is 0 Å². The van der Waals surface area contributed by atoms with E-state index in [1.54, 1.807) is 18.2 Å². The second kappa shape index (κ2) is 5.15. The number of hydrogen-bond acceptors (Lipinski definition) is 3. The van der Waals surface area contributed by atoms with Crippen molar-refractivity contribution in [2.45, 2.75) is 39.2 Å². The number of carbonyl (C=O) groups excluding carboxylic acids is 1. The number of ether oxygens (including phenoxy) is 1. The molecule has 1 aromatic carbocycles. The van der Waals surface area contributed by atoms with Crippen molar-refractivity contribution in [3.63, 3.8) is 0 Å². The van der Waals surface area contributed by atoms with Crippen LogP contribution in [-0.2, 0) is 11.2 Å². The molecular formula is C15H19NO4. The number of nitrogens with zero attached hydrogens (tertiary/aromatic N) is 1. The molecule has 1 aliphatic heterocycles. The summed E-state index contributed by atoms with van der Waals surface area (Å²) in [6.07, 6.45) is 0.967. The Kier molecular flexibility index (Phi) is 3.70. The molecule has 0 saturated heterocycles. The Morgan fingerprint density at radius 3 is 2.60 bits per heavy atom. The molecule has 5 nitrogen and oxygen atoms in total. The Bertz CT molecular complexity index is 545. The second-order valence-corrected chi connectivity index (χ2v) is 5.84. The number of carbonyl (C=O) groups is 2. The van der Waals surface area contributed by atoms with Gasteiger partial charge in [-0.25, -0.2) is 9.59 Å². The lowest BCUT2D eigenvalue weighted by Crippen LogP contribution is -2.40. The third kappa shape index (κ3) is 2.92. The lowest BCUT2D eigenvalue weighted by molar-refractivity contribution is 0.0575. The maximum Gasteiger partial charge on any atom is 0.414 e. The van der Waals surface area contributed by atoms with Gasteiger partial charge in [-0.3, -0.25) is 4.90 Å². The maximum absolute atomic E-state index is 12.2. The monoisotopic (exact) mass is 277 g/mol. The van der Waals surface area contributed by atoms with Crippen LogP contribution in [0.4, 0.5) is 10.5 Å². The fourth-order valence-electron chi connectivity index (χ4n) is 2.33. The van der Waals surface area contributed by atoms with Gasteiger partial charge < -0.3 is 9.84 Å². The molecule has 1 heterocycles. The van der Waals surface area contributed by atoms with Crippen molar-refractivity contribution in [2.75, 3.05) is 11.4 Å². The predicted molar refractivity (Wildman–Crippen MR) is 75.3 cm³/mol. The third-order valence-corrected chi connectivity index (χ3v) is 3.09. The Labute approximate surface area is 118 Å². The van der Waals surface area contributed by atoms with E-state index >= 15 is 0 Å². The van der Waals surface area contributed by atoms with Gasteiger partial charge in [0, 0.05) is 6.54 Å². The van der Waals surface area contributed by atoms with Crippen molar-refractivity contribution in [3.05, 3.63) is 29.3 Å². The quantitative estimate of drug-likeness (QED) is 0.856. The highest BCUT2D eigenvalue weighted by atomic mass is 16.6. The van der Waals surface area contributed by atoms with E-state index < -0.39 is 17.7 Å². The van der Waals surface area contributed by atoms with Gasteiger partial charge in [0.1, 0.15) is 5.60 Å². The summed E-state index contributed by atoms with van der Waals surface area (Å²) in [5.41, 5.74) is 1.04. The first-order chi connectivity index (χ1) is 9.29. The highest BCUT2D eigenvalue weighted by molar-refractivity contribution is 5.95. The lowest BCUT2D eigenvalue weighted by Gasteiger charge is -2.32. The van der Waals surface area contributed by atoms with E-state index in [0.717, 1.165) is 6.42 Å². The van der Waals surface area contributed by atoms with Crippen LogP contribution in [0, 0.1) is 0 Å². The van der Waals surface area contributed by atoms with Crippen LogP contribution in [0.5, 0.6) is 0 Å². The Morgan fingerprint density at radius 2 is 2.00 bits per heavy atom. The third-order valence-electron chi connectivity index (χ3n) is 3.09. The molecule has 1 aliphatic rings. The van der Waals surface area contributed by atoms with E-state index in [2.05, 4.69) is 0 Å². The van der Waals surface area contributed by atoms with Crippen LogP contribution >= 0.6 is 0 Å². The van der Waals surface area contributed by atoms with Crippen molar-refractivity contribution in [3.8, 4) is 0 Å². The number of aromatic carboxylic acids is 1. The molecule has 0 radical (unpaired) electrons. The molecule has 1 aromatic rings. The summed E-state index contributed by atoms with van der Waals surface area (Å²) in [6, 6.07) is 5.00. The first kappa shape index (κ1) is 14.4. The van der Waals surface area contributed by atoms with Crippen molar-refractivity contribution in [1.29, 1.82) is 0 Å². The van der Waals surface area contributed by atoms with E-state index in [1.165, 1.54) is 4.90 Å². The maximum atomic E-state index is 12.2. The Balaban J connectivity index is 2.36. The summed E-state index contributed by atoms with van der Waals surface area (Å²) in [5.74, 6) is -0.965.